The van der Waals surface area contributed by atoms with Crippen LogP contribution in [0.15, 0.2) is 48.7 Å². The minimum atomic E-state index is -0.207. The quantitative estimate of drug-likeness (QED) is 0.204. The van der Waals surface area contributed by atoms with Gasteiger partial charge in [-0.2, -0.15) is 0 Å². The van der Waals surface area contributed by atoms with Crippen LogP contribution in [0.25, 0.3) is 11.1 Å². The van der Waals surface area contributed by atoms with E-state index in [9.17, 15) is 9.59 Å². The van der Waals surface area contributed by atoms with Crippen LogP contribution in [0.2, 0.25) is 0 Å². The van der Waals surface area contributed by atoms with Gasteiger partial charge in [-0.25, -0.2) is 0 Å². The minimum absolute atomic E-state index is 0.160. The summed E-state index contributed by atoms with van der Waals surface area (Å²) in [5.41, 5.74) is 9.01. The Labute approximate surface area is 225 Å². The lowest BCUT2D eigenvalue weighted by atomic mass is 9.94. The van der Waals surface area contributed by atoms with Crippen LogP contribution in [0.3, 0.4) is 0 Å². The molecule has 7 nitrogen and oxygen atoms in total. The summed E-state index contributed by atoms with van der Waals surface area (Å²) in [5, 5.41) is 9.74. The molecule has 4 rings (SSSR count). The first-order valence-electron chi connectivity index (χ1n) is 13.5. The first kappa shape index (κ1) is 27.3. The van der Waals surface area contributed by atoms with Crippen molar-refractivity contribution in [1.29, 1.82) is 0 Å². The Hall–Kier alpha value is -3.71. The van der Waals surface area contributed by atoms with Crippen molar-refractivity contribution in [2.75, 3.05) is 30.8 Å². The second-order valence-electron chi connectivity index (χ2n) is 9.79. The van der Waals surface area contributed by atoms with E-state index >= 15 is 0 Å². The lowest BCUT2D eigenvalue weighted by molar-refractivity contribution is -0.143. The minimum Gasteiger partial charge on any atom is -0.466 e. The fourth-order valence-corrected chi connectivity index (χ4v) is 4.81. The molecule has 0 unspecified atom stereocenters. The molecule has 0 bridgehead atoms. The molecule has 1 amide bonds. The number of aromatic nitrogens is 1. The predicted octanol–water partition coefficient (Wildman–Crippen LogP) is 5.97. The Morgan fingerprint density at radius 3 is 2.37 bits per heavy atom. The highest BCUT2D eigenvalue weighted by atomic mass is 16.5. The summed E-state index contributed by atoms with van der Waals surface area (Å²) in [5.74, 6) is 0.113. The summed E-state index contributed by atoms with van der Waals surface area (Å²) in [6.07, 6.45) is 5.22. The van der Waals surface area contributed by atoms with E-state index in [2.05, 4.69) is 46.1 Å². The summed E-state index contributed by atoms with van der Waals surface area (Å²) >= 11 is 0. The van der Waals surface area contributed by atoms with Crippen LogP contribution in [-0.4, -0.2) is 37.1 Å². The van der Waals surface area contributed by atoms with E-state index in [4.69, 9.17) is 4.74 Å². The summed E-state index contributed by atoms with van der Waals surface area (Å²) < 4.78 is 4.98. The SMILES string of the molecule is CCOC(=O)CCCNCc1cnc(C(=O)Nc2cccc(-c3cccc(NC)c3C)c2C)cc1C1CC1. The molecular formula is C31H38N4O3. The zero-order valence-corrected chi connectivity index (χ0v) is 22.8. The van der Waals surface area contributed by atoms with E-state index in [1.165, 1.54) is 11.1 Å². The van der Waals surface area contributed by atoms with Gasteiger partial charge < -0.3 is 20.7 Å². The molecule has 1 heterocycles. The van der Waals surface area contributed by atoms with Gasteiger partial charge in [0.15, 0.2) is 0 Å². The molecule has 1 aliphatic carbocycles. The number of pyridine rings is 1. The second-order valence-corrected chi connectivity index (χ2v) is 9.79. The number of nitrogens with one attached hydrogen (secondary N) is 3. The Morgan fingerprint density at radius 1 is 1.03 bits per heavy atom. The molecule has 0 atom stereocenters. The van der Waals surface area contributed by atoms with E-state index < -0.39 is 0 Å². The molecule has 0 spiro atoms. The Bertz CT molecular complexity index is 1300. The average molecular weight is 515 g/mol. The van der Waals surface area contributed by atoms with Crippen molar-refractivity contribution < 1.29 is 14.3 Å². The van der Waals surface area contributed by atoms with Gasteiger partial charge in [-0.05, 0) is 104 Å². The number of hydrogen-bond donors (Lipinski definition) is 3. The maximum atomic E-state index is 13.3. The van der Waals surface area contributed by atoms with Crippen LogP contribution in [0, 0.1) is 13.8 Å². The summed E-state index contributed by atoms with van der Waals surface area (Å²) in [7, 11) is 1.92. The topological polar surface area (TPSA) is 92.3 Å². The third-order valence-corrected chi connectivity index (χ3v) is 7.10. The van der Waals surface area contributed by atoms with Gasteiger partial charge in [-0.15, -0.1) is 0 Å². The molecule has 1 aliphatic rings. The third-order valence-electron chi connectivity index (χ3n) is 7.10. The number of amides is 1. The van der Waals surface area contributed by atoms with Crippen molar-refractivity contribution >= 4 is 23.3 Å². The van der Waals surface area contributed by atoms with Gasteiger partial charge in [-0.1, -0.05) is 24.3 Å². The number of benzene rings is 2. The van der Waals surface area contributed by atoms with Crippen molar-refractivity contribution in [3.8, 4) is 11.1 Å². The van der Waals surface area contributed by atoms with Crippen molar-refractivity contribution in [2.45, 2.75) is 58.9 Å². The van der Waals surface area contributed by atoms with Crippen LogP contribution >= 0.6 is 0 Å². The van der Waals surface area contributed by atoms with Gasteiger partial charge >= 0.3 is 5.97 Å². The van der Waals surface area contributed by atoms with Gasteiger partial charge in [-0.3, -0.25) is 14.6 Å². The van der Waals surface area contributed by atoms with Crippen LogP contribution in [0.5, 0.6) is 0 Å². The number of hydrogen-bond acceptors (Lipinski definition) is 6. The van der Waals surface area contributed by atoms with Crippen molar-refractivity contribution in [1.82, 2.24) is 10.3 Å². The van der Waals surface area contributed by atoms with E-state index in [1.807, 2.05) is 51.4 Å². The maximum absolute atomic E-state index is 13.3. The Kier molecular flexibility index (Phi) is 9.13. The van der Waals surface area contributed by atoms with Gasteiger partial charge in [0.2, 0.25) is 0 Å². The van der Waals surface area contributed by atoms with Crippen molar-refractivity contribution in [3.63, 3.8) is 0 Å². The molecule has 0 radical (unpaired) electrons. The molecule has 3 aromatic rings. The summed E-state index contributed by atoms with van der Waals surface area (Å²) in [6, 6.07) is 14.2. The monoisotopic (exact) mass is 514 g/mol. The number of anilines is 2. The smallest absolute Gasteiger partial charge is 0.305 e. The van der Waals surface area contributed by atoms with Crippen LogP contribution in [0.1, 0.15) is 71.3 Å². The van der Waals surface area contributed by atoms with Gasteiger partial charge in [0.05, 0.1) is 6.61 Å². The van der Waals surface area contributed by atoms with Crippen LogP contribution < -0.4 is 16.0 Å². The molecule has 7 heteroatoms. The Morgan fingerprint density at radius 2 is 1.71 bits per heavy atom. The normalized spacial score (nSPS) is 12.7. The number of carbonyl (C=O) groups is 2. The molecule has 0 aliphatic heterocycles. The first-order valence-corrected chi connectivity index (χ1v) is 13.5. The highest BCUT2D eigenvalue weighted by Gasteiger charge is 2.27. The molecule has 38 heavy (non-hydrogen) atoms. The zero-order chi connectivity index (χ0) is 27.1. The molecular weight excluding hydrogens is 476 g/mol. The molecule has 2 aromatic carbocycles. The van der Waals surface area contributed by atoms with Crippen molar-refractivity contribution in [3.05, 3.63) is 76.6 Å². The standard InChI is InChI=1S/C31H38N4O3/c1-5-38-30(36)13-8-16-33-18-23-19-34-29(17-26(23)22-14-15-22)31(37)35-28-12-7-10-25(21(28)3)24-9-6-11-27(32-4)20(24)2/h6-7,9-12,17,19,22,32-33H,5,8,13-16,18H2,1-4H3,(H,35,37). The molecule has 1 fully saturated rings. The molecule has 3 N–H and O–H groups in total. The molecule has 1 saturated carbocycles. The fourth-order valence-electron chi connectivity index (χ4n) is 4.81. The van der Waals surface area contributed by atoms with Crippen LogP contribution in [0.4, 0.5) is 11.4 Å². The lowest BCUT2D eigenvalue weighted by Crippen LogP contribution is -2.19. The van der Waals surface area contributed by atoms with E-state index in [0.29, 0.717) is 31.2 Å². The summed E-state index contributed by atoms with van der Waals surface area (Å²) in [4.78, 5) is 29.3. The predicted molar refractivity (Wildman–Crippen MR) is 153 cm³/mol. The molecule has 0 saturated heterocycles. The largest absolute Gasteiger partial charge is 0.466 e. The van der Waals surface area contributed by atoms with E-state index in [-0.39, 0.29) is 11.9 Å². The van der Waals surface area contributed by atoms with E-state index in [0.717, 1.165) is 59.4 Å². The number of ether oxygens (including phenoxy) is 1. The van der Waals surface area contributed by atoms with Gasteiger partial charge in [0.25, 0.3) is 5.91 Å². The number of carbonyl (C=O) groups excluding carboxylic acids is 2. The second kappa shape index (κ2) is 12.7. The lowest BCUT2D eigenvalue weighted by Gasteiger charge is -2.16. The Balaban J connectivity index is 1.45. The highest BCUT2D eigenvalue weighted by molar-refractivity contribution is 6.04. The fraction of sp³-hybridized carbons (Fsp3) is 0.387. The summed E-state index contributed by atoms with van der Waals surface area (Å²) in [6.45, 7) is 7.75. The number of rotatable bonds is 12. The van der Waals surface area contributed by atoms with E-state index in [1.54, 1.807) is 0 Å². The zero-order valence-electron chi connectivity index (χ0n) is 22.8. The molecule has 200 valence electrons. The third kappa shape index (κ3) is 6.58. The van der Waals surface area contributed by atoms with Gasteiger partial charge in [0, 0.05) is 37.6 Å². The molecule has 1 aromatic heterocycles. The maximum Gasteiger partial charge on any atom is 0.305 e. The highest BCUT2D eigenvalue weighted by Crippen LogP contribution is 2.42. The average Bonchev–Trinajstić information content (AvgIpc) is 3.76. The number of nitrogens with zero attached hydrogens (tertiary/aromatic N) is 1. The van der Waals surface area contributed by atoms with Crippen molar-refractivity contribution in [2.24, 2.45) is 0 Å². The number of esters is 1. The van der Waals surface area contributed by atoms with Gasteiger partial charge in [0.1, 0.15) is 5.69 Å². The van der Waals surface area contributed by atoms with Crippen LogP contribution in [-0.2, 0) is 16.1 Å². The first-order chi connectivity index (χ1) is 18.4.